The van der Waals surface area contributed by atoms with E-state index >= 15 is 0 Å². The number of aliphatic carboxylic acids is 1. The van der Waals surface area contributed by atoms with Crippen LogP contribution in [0.5, 0.6) is 0 Å². The Hall–Kier alpha value is -4.06. The highest BCUT2D eigenvalue weighted by Crippen LogP contribution is 2.35. The van der Waals surface area contributed by atoms with Gasteiger partial charge in [-0.2, -0.15) is 0 Å². The molecule has 0 unspecified atom stereocenters. The topological polar surface area (TPSA) is 91.8 Å². The highest BCUT2D eigenvalue weighted by atomic mass is 16.4. The second-order valence-electron chi connectivity index (χ2n) is 6.57. The van der Waals surface area contributed by atoms with Gasteiger partial charge in [-0.25, -0.2) is 4.90 Å². The molecule has 1 heterocycles. The molecule has 3 aromatic carbocycles. The fourth-order valence-corrected chi connectivity index (χ4v) is 3.48. The lowest BCUT2D eigenvalue weighted by atomic mass is 9.96. The number of anilines is 1. The van der Waals surface area contributed by atoms with E-state index in [1.54, 1.807) is 48.5 Å². The average molecular weight is 385 g/mol. The first-order chi connectivity index (χ1) is 14.0. The highest BCUT2D eigenvalue weighted by Gasteiger charge is 2.39. The Morgan fingerprint density at radius 2 is 1.34 bits per heavy atom. The third-order valence-electron chi connectivity index (χ3n) is 4.76. The number of hydrogen-bond donors (Lipinski definition) is 1. The quantitative estimate of drug-likeness (QED) is 0.537. The fraction of sp³-hybridized carbons (Fsp3) is 0.0435. The molecule has 0 radical (unpaired) electrons. The first-order valence-corrected chi connectivity index (χ1v) is 8.90. The van der Waals surface area contributed by atoms with E-state index in [1.165, 1.54) is 24.3 Å². The van der Waals surface area contributed by atoms with Crippen molar-refractivity contribution in [1.29, 1.82) is 0 Å². The van der Waals surface area contributed by atoms with Gasteiger partial charge in [0.05, 0.1) is 23.2 Å². The largest absolute Gasteiger partial charge is 0.481 e. The van der Waals surface area contributed by atoms with Gasteiger partial charge in [0, 0.05) is 11.1 Å². The molecular formula is C23H15NO5. The molecule has 1 aliphatic rings. The third kappa shape index (κ3) is 3.10. The summed E-state index contributed by atoms with van der Waals surface area (Å²) >= 11 is 0. The summed E-state index contributed by atoms with van der Waals surface area (Å²) in [6.07, 6.45) is -0.432. The normalized spacial score (nSPS) is 12.8. The SMILES string of the molecule is O=C(O)Cc1cccc(C(=O)c2ccccc2)c1N1C(=O)c2ccccc2C1=O. The molecule has 4 rings (SSSR count). The molecule has 0 spiro atoms. The van der Waals surface area contributed by atoms with Gasteiger partial charge in [-0.05, 0) is 23.8 Å². The number of carboxylic acid groups (broad SMARTS) is 1. The first kappa shape index (κ1) is 18.3. The van der Waals surface area contributed by atoms with E-state index in [-0.39, 0.29) is 27.9 Å². The zero-order valence-electron chi connectivity index (χ0n) is 15.2. The molecule has 6 heteroatoms. The maximum absolute atomic E-state index is 13.2. The molecule has 0 saturated carbocycles. The molecule has 0 fully saturated rings. The van der Waals surface area contributed by atoms with Crippen LogP contribution in [0.4, 0.5) is 5.69 Å². The van der Waals surface area contributed by atoms with Crippen LogP contribution < -0.4 is 4.90 Å². The van der Waals surface area contributed by atoms with Gasteiger partial charge >= 0.3 is 5.97 Å². The maximum atomic E-state index is 13.2. The van der Waals surface area contributed by atoms with Gasteiger partial charge in [0.1, 0.15) is 0 Å². The summed E-state index contributed by atoms with van der Waals surface area (Å²) in [5, 5.41) is 9.31. The number of nitrogens with zero attached hydrogens (tertiary/aromatic N) is 1. The van der Waals surface area contributed by atoms with Crippen molar-refractivity contribution in [3.63, 3.8) is 0 Å². The van der Waals surface area contributed by atoms with Crippen LogP contribution in [0.1, 0.15) is 42.2 Å². The zero-order valence-corrected chi connectivity index (χ0v) is 15.2. The van der Waals surface area contributed by atoms with Crippen LogP contribution in [0.3, 0.4) is 0 Å². The summed E-state index contributed by atoms with van der Waals surface area (Å²) in [5.74, 6) is -2.69. The molecule has 1 aliphatic heterocycles. The molecule has 2 amide bonds. The van der Waals surface area contributed by atoms with Crippen LogP contribution in [0.25, 0.3) is 0 Å². The van der Waals surface area contributed by atoms with E-state index in [0.717, 1.165) is 4.90 Å². The number of benzene rings is 3. The van der Waals surface area contributed by atoms with E-state index in [4.69, 9.17) is 0 Å². The van der Waals surface area contributed by atoms with Gasteiger partial charge in [-0.3, -0.25) is 19.2 Å². The summed E-state index contributed by atoms with van der Waals surface area (Å²) < 4.78 is 0. The number of hydrogen-bond acceptors (Lipinski definition) is 4. The smallest absolute Gasteiger partial charge is 0.307 e. The standard InChI is InChI=1S/C23H15NO5/c25-19(26)13-15-9-6-12-18(21(27)14-7-2-1-3-8-14)20(15)24-22(28)16-10-4-5-11-17(16)23(24)29/h1-12H,13H2,(H,25,26). The van der Waals surface area contributed by atoms with Gasteiger partial charge in [0.15, 0.2) is 5.78 Å². The van der Waals surface area contributed by atoms with Crippen LogP contribution in [0.15, 0.2) is 72.8 Å². The zero-order chi connectivity index (χ0) is 20.5. The van der Waals surface area contributed by atoms with Crippen LogP contribution in [-0.2, 0) is 11.2 Å². The number of carbonyl (C=O) groups excluding carboxylic acids is 3. The molecule has 6 nitrogen and oxygen atoms in total. The van der Waals surface area contributed by atoms with Crippen LogP contribution in [0, 0.1) is 0 Å². The minimum atomic E-state index is -1.13. The Kier molecular flexibility index (Phi) is 4.52. The average Bonchev–Trinajstić information content (AvgIpc) is 2.98. The van der Waals surface area contributed by atoms with Crippen molar-refractivity contribution < 1.29 is 24.3 Å². The lowest BCUT2D eigenvalue weighted by molar-refractivity contribution is -0.136. The number of amides is 2. The number of para-hydroxylation sites is 1. The fourth-order valence-electron chi connectivity index (χ4n) is 3.48. The van der Waals surface area contributed by atoms with Gasteiger partial charge < -0.3 is 5.11 Å². The van der Waals surface area contributed by atoms with Crippen LogP contribution in [-0.4, -0.2) is 28.7 Å². The minimum Gasteiger partial charge on any atom is -0.481 e. The second-order valence-corrected chi connectivity index (χ2v) is 6.57. The van der Waals surface area contributed by atoms with Crippen LogP contribution in [0.2, 0.25) is 0 Å². The molecule has 142 valence electrons. The Morgan fingerprint density at radius 3 is 1.93 bits per heavy atom. The predicted octanol–water partition coefficient (Wildman–Crippen LogP) is 3.35. The predicted molar refractivity (Wildman–Crippen MR) is 105 cm³/mol. The van der Waals surface area contributed by atoms with E-state index in [9.17, 15) is 24.3 Å². The Balaban J connectivity index is 1.92. The number of imide groups is 1. The van der Waals surface area contributed by atoms with E-state index < -0.39 is 30.0 Å². The summed E-state index contributed by atoms with van der Waals surface area (Å²) in [5.41, 5.74) is 1.16. The van der Waals surface area contributed by atoms with Gasteiger partial charge in [0.2, 0.25) is 0 Å². The van der Waals surface area contributed by atoms with Crippen molar-refractivity contribution >= 4 is 29.3 Å². The molecule has 1 N–H and O–H groups in total. The molecule has 0 aromatic heterocycles. The van der Waals surface area contributed by atoms with Crippen molar-refractivity contribution in [1.82, 2.24) is 0 Å². The number of fused-ring (bicyclic) bond motifs is 1. The Morgan fingerprint density at radius 1 is 0.759 bits per heavy atom. The summed E-state index contributed by atoms with van der Waals surface area (Å²) in [4.78, 5) is 51.5. The molecule has 0 aliphatic carbocycles. The lowest BCUT2D eigenvalue weighted by Gasteiger charge is -2.21. The molecule has 3 aromatic rings. The van der Waals surface area contributed by atoms with Crippen molar-refractivity contribution in [3.8, 4) is 0 Å². The van der Waals surface area contributed by atoms with E-state index in [2.05, 4.69) is 0 Å². The molecule has 0 saturated heterocycles. The van der Waals surface area contributed by atoms with Gasteiger partial charge in [-0.1, -0.05) is 54.6 Å². The van der Waals surface area contributed by atoms with Crippen molar-refractivity contribution in [2.45, 2.75) is 6.42 Å². The minimum absolute atomic E-state index is 0.0231. The number of carbonyl (C=O) groups is 4. The molecule has 0 atom stereocenters. The Labute approximate surface area is 166 Å². The second kappa shape index (κ2) is 7.16. The van der Waals surface area contributed by atoms with Gasteiger partial charge in [-0.15, -0.1) is 0 Å². The van der Waals surface area contributed by atoms with Crippen molar-refractivity contribution in [3.05, 3.63) is 101 Å². The summed E-state index contributed by atoms with van der Waals surface area (Å²) in [7, 11) is 0. The van der Waals surface area contributed by atoms with Gasteiger partial charge in [0.25, 0.3) is 11.8 Å². The van der Waals surface area contributed by atoms with Crippen LogP contribution >= 0.6 is 0 Å². The highest BCUT2D eigenvalue weighted by molar-refractivity contribution is 6.36. The molecular weight excluding hydrogens is 370 g/mol. The summed E-state index contributed by atoms with van der Waals surface area (Å²) in [6, 6.07) is 19.3. The molecule has 0 bridgehead atoms. The lowest BCUT2D eigenvalue weighted by Crippen LogP contribution is -2.32. The first-order valence-electron chi connectivity index (χ1n) is 8.90. The van der Waals surface area contributed by atoms with Crippen molar-refractivity contribution in [2.75, 3.05) is 4.90 Å². The van der Waals surface area contributed by atoms with Crippen molar-refractivity contribution in [2.24, 2.45) is 0 Å². The Bertz CT molecular complexity index is 1130. The number of carboxylic acids is 1. The molecule has 29 heavy (non-hydrogen) atoms. The van der Waals surface area contributed by atoms with E-state index in [1.807, 2.05) is 0 Å². The monoisotopic (exact) mass is 385 g/mol. The van der Waals surface area contributed by atoms with E-state index in [0.29, 0.717) is 5.56 Å². The third-order valence-corrected chi connectivity index (χ3v) is 4.76. The summed E-state index contributed by atoms with van der Waals surface area (Å²) in [6.45, 7) is 0. The number of ketones is 1. The number of rotatable bonds is 5. The maximum Gasteiger partial charge on any atom is 0.307 e.